The molecule has 0 atom stereocenters. The molecule has 0 heteroatoms. The molecule has 0 heterocycles. The lowest BCUT2D eigenvalue weighted by atomic mass is 10.6. The van der Waals surface area contributed by atoms with Gasteiger partial charge in [-0.2, -0.15) is 0 Å². The third-order valence-electron chi connectivity index (χ3n) is 0.333. The van der Waals surface area contributed by atoms with Crippen LogP contribution in [0.5, 0.6) is 0 Å². The lowest BCUT2D eigenvalue weighted by molar-refractivity contribution is 1.50. The van der Waals surface area contributed by atoms with E-state index in [4.69, 9.17) is 0 Å². The minimum atomic E-state index is 1.75. The summed E-state index contributed by atoms with van der Waals surface area (Å²) in [6.45, 7) is 13.2. The van der Waals surface area contributed by atoms with E-state index in [9.17, 15) is 0 Å². The van der Waals surface area contributed by atoms with E-state index in [-0.39, 0.29) is 0 Å². The Kier molecular flexibility index (Phi) is 89.6. The Bertz CT molecular complexity index is 38.0. The maximum Gasteiger partial charge on any atom is -0.0470 e. The van der Waals surface area contributed by atoms with Crippen LogP contribution in [0.3, 0.4) is 0 Å². The second kappa shape index (κ2) is 51.1. The van der Waals surface area contributed by atoms with E-state index in [1.165, 1.54) is 0 Å². The molecule has 0 nitrogen and oxygen atoms in total. The van der Waals surface area contributed by atoms with Crippen LogP contribution in [0.1, 0.15) is 34.6 Å². The average Bonchev–Trinajstić information content (AvgIpc) is 1.94. The summed E-state index contributed by atoms with van der Waals surface area (Å²) >= 11 is 0. The van der Waals surface area contributed by atoms with E-state index in [0.29, 0.717) is 0 Å². The van der Waals surface area contributed by atoms with Crippen LogP contribution in [0.25, 0.3) is 0 Å². The fourth-order valence-electron chi connectivity index (χ4n) is 0. The van der Waals surface area contributed by atoms with Gasteiger partial charge in [0, 0.05) is 0 Å². The first kappa shape index (κ1) is 15.8. The summed E-state index contributed by atoms with van der Waals surface area (Å²) in [4.78, 5) is 0. The number of hydrogen-bond donors (Lipinski definition) is 0. The molecule has 0 radical (unpaired) electrons. The van der Waals surface area contributed by atoms with E-state index < -0.39 is 0 Å². The molecule has 0 aromatic rings. The van der Waals surface area contributed by atoms with Crippen LogP contribution in [0, 0.1) is 0 Å². The molecule has 56 valence electrons. The normalized spacial score (nSPS) is 6.33. The summed E-state index contributed by atoms with van der Waals surface area (Å²) in [5.41, 5.74) is 0. The van der Waals surface area contributed by atoms with Crippen LogP contribution >= 0.6 is 0 Å². The predicted octanol–water partition coefficient (Wildman–Crippen LogP) is 3.80. The van der Waals surface area contributed by atoms with Crippen LogP contribution in [0.15, 0.2) is 24.8 Å². The number of allylic oxidation sites excluding steroid dienone is 3. The Labute approximate surface area is 60.3 Å². The molecule has 0 aliphatic heterocycles. The molecule has 0 saturated heterocycles. The van der Waals surface area contributed by atoms with E-state index in [0.717, 1.165) is 0 Å². The molecule has 0 fully saturated rings. The summed E-state index contributed by atoms with van der Waals surface area (Å²) in [6, 6.07) is 0. The van der Waals surface area contributed by atoms with Crippen molar-refractivity contribution in [2.24, 2.45) is 0 Å². The Hall–Kier alpha value is -0.520. The van der Waals surface area contributed by atoms with Crippen molar-refractivity contribution >= 4 is 0 Å². The zero-order valence-electron chi connectivity index (χ0n) is 7.44. The van der Waals surface area contributed by atoms with Crippen molar-refractivity contribution in [2.75, 3.05) is 0 Å². The molecular weight excluding hydrogens is 108 g/mol. The van der Waals surface area contributed by atoms with Gasteiger partial charge >= 0.3 is 0 Å². The fraction of sp³-hybridized carbons (Fsp3) is 0.556. The second-order valence-electron chi connectivity index (χ2n) is 1.07. The lowest BCUT2D eigenvalue weighted by Gasteiger charge is -1.49. The van der Waals surface area contributed by atoms with Crippen molar-refractivity contribution in [1.82, 2.24) is 0 Å². The molecule has 0 spiro atoms. The molecule has 0 aliphatic rings. The van der Waals surface area contributed by atoms with E-state index in [1.54, 1.807) is 6.08 Å². The first-order valence-corrected chi connectivity index (χ1v) is 3.47. The zero-order valence-corrected chi connectivity index (χ0v) is 7.44. The van der Waals surface area contributed by atoms with Crippen molar-refractivity contribution in [3.8, 4) is 0 Å². The van der Waals surface area contributed by atoms with Crippen LogP contribution in [0.2, 0.25) is 0 Å². The van der Waals surface area contributed by atoms with Crippen LogP contribution in [-0.4, -0.2) is 0 Å². The maximum atomic E-state index is 3.36. The zero-order chi connectivity index (χ0) is 8.12. The van der Waals surface area contributed by atoms with Gasteiger partial charge in [0.1, 0.15) is 0 Å². The minimum Gasteiger partial charge on any atom is -0.103 e. The molecule has 0 N–H and O–H groups in total. The van der Waals surface area contributed by atoms with Crippen molar-refractivity contribution in [1.29, 1.82) is 0 Å². The molecule has 0 bridgehead atoms. The summed E-state index contributed by atoms with van der Waals surface area (Å²) < 4.78 is 0. The molecule has 0 aromatic carbocycles. The highest BCUT2D eigenvalue weighted by Gasteiger charge is 1.34. The monoisotopic (exact) mass is 128 g/mol. The molecule has 9 heavy (non-hydrogen) atoms. The van der Waals surface area contributed by atoms with E-state index in [2.05, 4.69) is 6.58 Å². The smallest absolute Gasteiger partial charge is 0.0470 e. The standard InChI is InChI=1S/C4H8.C3H6.C2H6/c1-3-4-2;1-3-2;1-2/h3-4H,1-2H3;3H,1H2,2H3;1-2H3/b4-3-;;. The van der Waals surface area contributed by atoms with Crippen molar-refractivity contribution in [3.63, 3.8) is 0 Å². The highest BCUT2D eigenvalue weighted by Crippen LogP contribution is 1.57. The van der Waals surface area contributed by atoms with E-state index >= 15 is 0 Å². The number of hydrogen-bond acceptors (Lipinski definition) is 0. The quantitative estimate of drug-likeness (QED) is 0.435. The summed E-state index contributed by atoms with van der Waals surface area (Å²) in [5, 5.41) is 0. The van der Waals surface area contributed by atoms with Crippen molar-refractivity contribution in [2.45, 2.75) is 34.6 Å². The van der Waals surface area contributed by atoms with Gasteiger partial charge in [0.25, 0.3) is 0 Å². The van der Waals surface area contributed by atoms with Gasteiger partial charge in [0.2, 0.25) is 0 Å². The van der Waals surface area contributed by atoms with Gasteiger partial charge in [-0.3, -0.25) is 0 Å². The van der Waals surface area contributed by atoms with Gasteiger partial charge in [-0.15, -0.1) is 6.58 Å². The SMILES string of the molecule is C/C=C\C.C=CC.CC. The molecule has 0 saturated carbocycles. The molecule has 0 unspecified atom stereocenters. The highest BCUT2D eigenvalue weighted by molar-refractivity contribution is 4.68. The highest BCUT2D eigenvalue weighted by atomic mass is 13.4. The Balaban J connectivity index is -0.0000000646. The third-order valence-corrected chi connectivity index (χ3v) is 0.333. The van der Waals surface area contributed by atoms with Gasteiger partial charge in [0.05, 0.1) is 0 Å². The Morgan fingerprint density at radius 2 is 1.00 bits per heavy atom. The third kappa shape index (κ3) is 975. The van der Waals surface area contributed by atoms with Crippen LogP contribution in [0.4, 0.5) is 0 Å². The lowest BCUT2D eigenvalue weighted by Crippen LogP contribution is -1.26. The minimum absolute atomic E-state index is 1.75. The largest absolute Gasteiger partial charge is 0.103 e. The van der Waals surface area contributed by atoms with E-state index in [1.807, 2.05) is 46.8 Å². The molecule has 0 amide bonds. The summed E-state index contributed by atoms with van der Waals surface area (Å²) in [7, 11) is 0. The van der Waals surface area contributed by atoms with Crippen LogP contribution < -0.4 is 0 Å². The summed E-state index contributed by atoms with van der Waals surface area (Å²) in [6.07, 6.45) is 5.75. The average molecular weight is 128 g/mol. The van der Waals surface area contributed by atoms with Crippen molar-refractivity contribution < 1.29 is 0 Å². The Morgan fingerprint density at radius 1 is 0.889 bits per heavy atom. The molecule has 0 rings (SSSR count). The van der Waals surface area contributed by atoms with Gasteiger partial charge < -0.3 is 0 Å². The first-order valence-electron chi connectivity index (χ1n) is 3.47. The topological polar surface area (TPSA) is 0 Å². The first-order chi connectivity index (χ1) is 4.33. The predicted molar refractivity (Wildman–Crippen MR) is 47.7 cm³/mol. The van der Waals surface area contributed by atoms with Gasteiger partial charge in [0.15, 0.2) is 0 Å². The summed E-state index contributed by atoms with van der Waals surface area (Å²) in [5.74, 6) is 0. The second-order valence-corrected chi connectivity index (χ2v) is 1.07. The molecule has 0 aliphatic carbocycles. The van der Waals surface area contributed by atoms with Crippen molar-refractivity contribution in [3.05, 3.63) is 24.8 Å². The Morgan fingerprint density at radius 3 is 1.00 bits per heavy atom. The maximum absolute atomic E-state index is 3.36. The fourth-order valence-corrected chi connectivity index (χ4v) is 0. The number of rotatable bonds is 0. The van der Waals surface area contributed by atoms with Gasteiger partial charge in [-0.05, 0) is 20.8 Å². The van der Waals surface area contributed by atoms with Crippen LogP contribution in [-0.2, 0) is 0 Å². The molecular formula is C9H20. The van der Waals surface area contributed by atoms with Gasteiger partial charge in [-0.25, -0.2) is 0 Å². The van der Waals surface area contributed by atoms with Gasteiger partial charge in [-0.1, -0.05) is 32.1 Å². The molecule has 0 aromatic heterocycles.